The molecule has 1 aromatic rings. The summed E-state index contributed by atoms with van der Waals surface area (Å²) in [6.45, 7) is 1.51. The molecular weight excluding hydrogens is 252 g/mol. The number of hydrogen-bond acceptors (Lipinski definition) is 3. The first-order chi connectivity index (χ1) is 9.46. The average Bonchev–Trinajstić information content (AvgIpc) is 2.40. The van der Waals surface area contributed by atoms with Crippen LogP contribution in [0.3, 0.4) is 0 Å². The Morgan fingerprint density at radius 1 is 1.30 bits per heavy atom. The van der Waals surface area contributed by atoms with Crippen molar-refractivity contribution in [3.63, 3.8) is 0 Å². The molecule has 1 aliphatic rings. The van der Waals surface area contributed by atoms with Crippen molar-refractivity contribution in [3.8, 4) is 0 Å². The standard InChI is InChI=1S/C13H17NO2.C3H9N/c15-12(16)13(7-4-8-14-10-13)9-11-5-2-1-3-6-11;1-4(2)3/h1-3,5-6,14H,4,7-10H2,(H,15,16);1-3H3/t13-;/m1./s1. The summed E-state index contributed by atoms with van der Waals surface area (Å²) in [6.07, 6.45) is 2.33. The number of carboxylic acid groups (broad SMARTS) is 1. The fourth-order valence-corrected chi connectivity index (χ4v) is 2.36. The molecule has 0 bridgehead atoms. The minimum absolute atomic E-state index is 0.581. The lowest BCUT2D eigenvalue weighted by atomic mass is 9.76. The summed E-state index contributed by atoms with van der Waals surface area (Å²) in [5.74, 6) is -0.677. The van der Waals surface area contributed by atoms with Crippen molar-refractivity contribution in [2.75, 3.05) is 34.2 Å². The molecule has 1 heterocycles. The van der Waals surface area contributed by atoms with Crippen LogP contribution < -0.4 is 5.32 Å². The largest absolute Gasteiger partial charge is 0.481 e. The topological polar surface area (TPSA) is 52.6 Å². The van der Waals surface area contributed by atoms with E-state index >= 15 is 0 Å². The zero-order valence-corrected chi connectivity index (χ0v) is 12.7. The lowest BCUT2D eigenvalue weighted by Crippen LogP contribution is -2.46. The van der Waals surface area contributed by atoms with Crippen LogP contribution in [0.1, 0.15) is 18.4 Å². The van der Waals surface area contributed by atoms with Gasteiger partial charge in [0.05, 0.1) is 5.41 Å². The maximum Gasteiger partial charge on any atom is 0.311 e. The number of carbonyl (C=O) groups is 1. The van der Waals surface area contributed by atoms with Gasteiger partial charge in [-0.05, 0) is 52.5 Å². The summed E-state index contributed by atoms with van der Waals surface area (Å²) in [6, 6.07) is 9.87. The summed E-state index contributed by atoms with van der Waals surface area (Å²) < 4.78 is 0. The van der Waals surface area contributed by atoms with E-state index < -0.39 is 11.4 Å². The van der Waals surface area contributed by atoms with Crippen LogP contribution in [0.4, 0.5) is 0 Å². The molecule has 0 spiro atoms. The van der Waals surface area contributed by atoms with Crippen LogP contribution in [-0.2, 0) is 11.2 Å². The van der Waals surface area contributed by atoms with Crippen molar-refractivity contribution < 1.29 is 9.90 Å². The number of aliphatic carboxylic acids is 1. The number of rotatable bonds is 3. The fraction of sp³-hybridized carbons (Fsp3) is 0.562. The zero-order chi connectivity index (χ0) is 15.0. The van der Waals surface area contributed by atoms with Crippen LogP contribution in [0, 0.1) is 5.41 Å². The molecule has 20 heavy (non-hydrogen) atoms. The summed E-state index contributed by atoms with van der Waals surface area (Å²) in [7, 11) is 6.00. The first kappa shape index (κ1) is 16.7. The van der Waals surface area contributed by atoms with Gasteiger partial charge < -0.3 is 15.3 Å². The number of carboxylic acids is 1. The summed E-state index contributed by atoms with van der Waals surface area (Å²) >= 11 is 0. The molecule has 0 radical (unpaired) electrons. The van der Waals surface area contributed by atoms with Crippen LogP contribution in [0.5, 0.6) is 0 Å². The maximum atomic E-state index is 11.4. The smallest absolute Gasteiger partial charge is 0.311 e. The van der Waals surface area contributed by atoms with Crippen molar-refractivity contribution in [1.29, 1.82) is 0 Å². The SMILES string of the molecule is CN(C)C.O=C(O)[C@@]1(Cc2ccccc2)CCCNC1. The van der Waals surface area contributed by atoms with Gasteiger partial charge in [0.25, 0.3) is 0 Å². The van der Waals surface area contributed by atoms with Gasteiger partial charge in [-0.3, -0.25) is 4.79 Å². The van der Waals surface area contributed by atoms with Gasteiger partial charge in [-0.25, -0.2) is 0 Å². The molecule has 1 atom stereocenters. The van der Waals surface area contributed by atoms with E-state index in [4.69, 9.17) is 0 Å². The molecule has 2 rings (SSSR count). The molecule has 0 aromatic heterocycles. The zero-order valence-electron chi connectivity index (χ0n) is 12.7. The van der Waals surface area contributed by atoms with Gasteiger partial charge >= 0.3 is 5.97 Å². The Hall–Kier alpha value is -1.39. The monoisotopic (exact) mass is 278 g/mol. The summed E-state index contributed by atoms with van der Waals surface area (Å²) in [5.41, 5.74) is 0.494. The van der Waals surface area contributed by atoms with E-state index in [1.165, 1.54) is 0 Å². The van der Waals surface area contributed by atoms with Gasteiger partial charge in [-0.2, -0.15) is 0 Å². The second-order valence-electron chi connectivity index (χ2n) is 5.87. The molecule has 0 unspecified atom stereocenters. The average molecular weight is 278 g/mol. The minimum Gasteiger partial charge on any atom is -0.481 e. The molecule has 1 saturated heterocycles. The second kappa shape index (κ2) is 8.02. The number of nitrogens with one attached hydrogen (secondary N) is 1. The summed E-state index contributed by atoms with van der Waals surface area (Å²) in [4.78, 5) is 13.4. The molecule has 4 heteroatoms. The van der Waals surface area contributed by atoms with E-state index in [1.54, 1.807) is 0 Å². The van der Waals surface area contributed by atoms with Gasteiger partial charge in [0.2, 0.25) is 0 Å². The van der Waals surface area contributed by atoms with E-state index in [0.29, 0.717) is 13.0 Å². The van der Waals surface area contributed by atoms with Gasteiger partial charge in [0.15, 0.2) is 0 Å². The highest BCUT2D eigenvalue weighted by Gasteiger charge is 2.39. The number of benzene rings is 1. The third kappa shape index (κ3) is 5.31. The van der Waals surface area contributed by atoms with Crippen LogP contribution in [0.15, 0.2) is 30.3 Å². The molecule has 0 saturated carbocycles. The first-order valence-corrected chi connectivity index (χ1v) is 7.05. The van der Waals surface area contributed by atoms with Crippen LogP contribution in [0.25, 0.3) is 0 Å². The molecular formula is C16H26N2O2. The molecule has 0 aliphatic carbocycles. The molecule has 0 amide bonds. The number of hydrogen-bond donors (Lipinski definition) is 2. The minimum atomic E-state index is -0.677. The predicted octanol–water partition coefficient (Wildman–Crippen LogP) is 1.86. The van der Waals surface area contributed by atoms with Crippen LogP contribution in [-0.4, -0.2) is 50.2 Å². The maximum absolute atomic E-state index is 11.4. The highest BCUT2D eigenvalue weighted by Crippen LogP contribution is 2.30. The molecule has 1 aromatic carbocycles. The van der Waals surface area contributed by atoms with Gasteiger partial charge in [-0.15, -0.1) is 0 Å². The highest BCUT2D eigenvalue weighted by atomic mass is 16.4. The Kier molecular flexibility index (Phi) is 6.68. The third-order valence-corrected chi connectivity index (χ3v) is 3.31. The second-order valence-corrected chi connectivity index (χ2v) is 5.87. The number of nitrogens with zero attached hydrogens (tertiary/aromatic N) is 1. The fourth-order valence-electron chi connectivity index (χ4n) is 2.36. The van der Waals surface area contributed by atoms with Gasteiger partial charge in [0, 0.05) is 6.54 Å². The van der Waals surface area contributed by atoms with E-state index in [0.717, 1.165) is 24.9 Å². The van der Waals surface area contributed by atoms with Crippen LogP contribution >= 0.6 is 0 Å². The highest BCUT2D eigenvalue weighted by molar-refractivity contribution is 5.75. The third-order valence-electron chi connectivity index (χ3n) is 3.31. The lowest BCUT2D eigenvalue weighted by Gasteiger charge is -2.33. The van der Waals surface area contributed by atoms with E-state index in [9.17, 15) is 9.90 Å². The molecule has 112 valence electrons. The van der Waals surface area contributed by atoms with Gasteiger partial charge in [0.1, 0.15) is 0 Å². The van der Waals surface area contributed by atoms with Crippen molar-refractivity contribution in [2.45, 2.75) is 19.3 Å². The Morgan fingerprint density at radius 2 is 1.90 bits per heavy atom. The van der Waals surface area contributed by atoms with Crippen LogP contribution in [0.2, 0.25) is 0 Å². The van der Waals surface area contributed by atoms with Crippen molar-refractivity contribution in [1.82, 2.24) is 10.2 Å². The molecule has 1 aliphatic heterocycles. The molecule has 2 N–H and O–H groups in total. The molecule has 1 fully saturated rings. The summed E-state index contributed by atoms with van der Waals surface area (Å²) in [5, 5.41) is 12.6. The first-order valence-electron chi connectivity index (χ1n) is 7.05. The number of piperidine rings is 1. The van der Waals surface area contributed by atoms with Crippen molar-refractivity contribution in [2.24, 2.45) is 5.41 Å². The van der Waals surface area contributed by atoms with Crippen molar-refractivity contribution >= 4 is 5.97 Å². The van der Waals surface area contributed by atoms with E-state index in [-0.39, 0.29) is 0 Å². The lowest BCUT2D eigenvalue weighted by molar-refractivity contribution is -0.150. The normalized spacial score (nSPS) is 22.0. The Bertz CT molecular complexity index is 395. The predicted molar refractivity (Wildman–Crippen MR) is 81.9 cm³/mol. The Morgan fingerprint density at radius 3 is 2.35 bits per heavy atom. The quantitative estimate of drug-likeness (QED) is 0.886. The Balaban J connectivity index is 0.000000444. The molecule has 4 nitrogen and oxygen atoms in total. The Labute approximate surface area is 121 Å². The van der Waals surface area contributed by atoms with Crippen molar-refractivity contribution in [3.05, 3.63) is 35.9 Å². The van der Waals surface area contributed by atoms with Gasteiger partial charge in [-0.1, -0.05) is 30.3 Å². The van der Waals surface area contributed by atoms with E-state index in [2.05, 4.69) is 5.32 Å². The van der Waals surface area contributed by atoms with E-state index in [1.807, 2.05) is 56.4 Å².